The first-order chi connectivity index (χ1) is 9.42. The molecular formula is C13H17F2N3O2. The molecule has 0 unspecified atom stereocenters. The Morgan fingerprint density at radius 3 is 2.25 bits per heavy atom. The average Bonchev–Trinajstić information content (AvgIpc) is 2.35. The van der Waals surface area contributed by atoms with Crippen LogP contribution in [0.5, 0.6) is 0 Å². The summed E-state index contributed by atoms with van der Waals surface area (Å²) >= 11 is 0. The Kier molecular flexibility index (Phi) is 4.08. The molecule has 0 aromatic heterocycles. The molecule has 3 N–H and O–H groups in total. The van der Waals surface area contributed by atoms with Crippen molar-refractivity contribution in [2.75, 3.05) is 18.0 Å². The van der Waals surface area contributed by atoms with Crippen LogP contribution in [-0.4, -0.2) is 36.3 Å². The third kappa shape index (κ3) is 2.82. The third-order valence-electron chi connectivity index (χ3n) is 3.16. The highest BCUT2D eigenvalue weighted by atomic mass is 19.1. The number of benzene rings is 1. The van der Waals surface area contributed by atoms with Crippen LogP contribution in [-0.2, 0) is 4.74 Å². The molecule has 5 nitrogen and oxygen atoms in total. The molecule has 2 rings (SSSR count). The van der Waals surface area contributed by atoms with Gasteiger partial charge in [-0.1, -0.05) is 5.16 Å². The Morgan fingerprint density at radius 2 is 1.80 bits per heavy atom. The highest BCUT2D eigenvalue weighted by Crippen LogP contribution is 2.27. The van der Waals surface area contributed by atoms with Gasteiger partial charge in [0, 0.05) is 18.7 Å². The molecule has 110 valence electrons. The standard InChI is InChI=1S/C13H17F2N3O2/c1-7-5-18(6-8(2)20-7)12-10(14)3-9(4-11(12)15)13(16)17-19/h3-4,7-8,19H,5-6H2,1-2H3,(H2,16,17)/t7-,8+. The number of anilines is 1. The molecule has 0 bridgehead atoms. The molecular weight excluding hydrogens is 268 g/mol. The number of oxime groups is 1. The Balaban J connectivity index is 2.37. The topological polar surface area (TPSA) is 71.1 Å². The Morgan fingerprint density at radius 1 is 1.30 bits per heavy atom. The molecule has 1 aromatic carbocycles. The van der Waals surface area contributed by atoms with Gasteiger partial charge in [-0.2, -0.15) is 0 Å². The van der Waals surface area contributed by atoms with Gasteiger partial charge in [-0.25, -0.2) is 8.78 Å². The summed E-state index contributed by atoms with van der Waals surface area (Å²) in [4.78, 5) is 1.61. The van der Waals surface area contributed by atoms with Crippen molar-refractivity contribution in [2.45, 2.75) is 26.1 Å². The maximum Gasteiger partial charge on any atom is 0.170 e. The second kappa shape index (κ2) is 5.62. The molecule has 20 heavy (non-hydrogen) atoms. The van der Waals surface area contributed by atoms with Crippen molar-refractivity contribution >= 4 is 11.5 Å². The Bertz CT molecular complexity index is 503. The van der Waals surface area contributed by atoms with Crippen molar-refractivity contribution in [1.29, 1.82) is 0 Å². The zero-order valence-corrected chi connectivity index (χ0v) is 11.3. The number of amidine groups is 1. The van der Waals surface area contributed by atoms with E-state index in [0.29, 0.717) is 13.1 Å². The molecule has 0 saturated carbocycles. The van der Waals surface area contributed by atoms with Gasteiger partial charge in [-0.3, -0.25) is 0 Å². The highest BCUT2D eigenvalue weighted by molar-refractivity contribution is 5.97. The molecule has 2 atom stereocenters. The summed E-state index contributed by atoms with van der Waals surface area (Å²) in [6.07, 6.45) is -0.220. The summed E-state index contributed by atoms with van der Waals surface area (Å²) in [5.74, 6) is -1.82. The third-order valence-corrected chi connectivity index (χ3v) is 3.16. The van der Waals surface area contributed by atoms with Gasteiger partial charge < -0.3 is 20.6 Å². The van der Waals surface area contributed by atoms with Crippen LogP contribution < -0.4 is 10.6 Å². The summed E-state index contributed by atoms with van der Waals surface area (Å²) in [5.41, 5.74) is 5.23. The minimum absolute atomic E-state index is 0.000561. The van der Waals surface area contributed by atoms with E-state index in [1.807, 2.05) is 13.8 Å². The summed E-state index contributed by atoms with van der Waals surface area (Å²) in [6, 6.07) is 2.11. The lowest BCUT2D eigenvalue weighted by molar-refractivity contribution is -0.00558. The summed E-state index contributed by atoms with van der Waals surface area (Å²) in [5, 5.41) is 11.3. The maximum atomic E-state index is 14.1. The van der Waals surface area contributed by atoms with Crippen LogP contribution in [0, 0.1) is 11.6 Å². The SMILES string of the molecule is C[C@@H]1CN(c2c(F)cc(C(N)=NO)cc2F)C[C@H](C)O1. The fourth-order valence-electron chi connectivity index (χ4n) is 2.43. The average molecular weight is 285 g/mol. The van der Waals surface area contributed by atoms with Crippen LogP contribution in [0.4, 0.5) is 14.5 Å². The largest absolute Gasteiger partial charge is 0.409 e. The molecule has 1 aromatic rings. The summed E-state index contributed by atoms with van der Waals surface area (Å²) in [7, 11) is 0. The van der Waals surface area contributed by atoms with Gasteiger partial charge in [0.2, 0.25) is 0 Å². The number of morpholine rings is 1. The van der Waals surface area contributed by atoms with Crippen molar-refractivity contribution in [3.63, 3.8) is 0 Å². The van der Waals surface area contributed by atoms with E-state index < -0.39 is 11.6 Å². The molecule has 1 aliphatic rings. The van der Waals surface area contributed by atoms with Gasteiger partial charge in [0.15, 0.2) is 5.84 Å². The number of rotatable bonds is 2. The van der Waals surface area contributed by atoms with E-state index in [1.165, 1.54) is 0 Å². The van der Waals surface area contributed by atoms with Crippen molar-refractivity contribution in [1.82, 2.24) is 0 Å². The van der Waals surface area contributed by atoms with Crippen LogP contribution in [0.1, 0.15) is 19.4 Å². The van der Waals surface area contributed by atoms with Crippen LogP contribution in [0.3, 0.4) is 0 Å². The fraction of sp³-hybridized carbons (Fsp3) is 0.462. The molecule has 1 saturated heterocycles. The maximum absolute atomic E-state index is 14.1. The fourth-order valence-corrected chi connectivity index (χ4v) is 2.43. The van der Waals surface area contributed by atoms with Crippen molar-refractivity contribution in [2.24, 2.45) is 10.9 Å². The number of nitrogens with zero attached hydrogens (tertiary/aromatic N) is 2. The van der Waals surface area contributed by atoms with E-state index >= 15 is 0 Å². The van der Waals surface area contributed by atoms with E-state index in [9.17, 15) is 8.78 Å². The first-order valence-corrected chi connectivity index (χ1v) is 6.29. The second-order valence-corrected chi connectivity index (χ2v) is 4.94. The molecule has 0 radical (unpaired) electrons. The number of nitrogens with two attached hydrogens (primary N) is 1. The molecule has 0 spiro atoms. The second-order valence-electron chi connectivity index (χ2n) is 4.94. The van der Waals surface area contributed by atoms with Crippen LogP contribution >= 0.6 is 0 Å². The lowest BCUT2D eigenvalue weighted by Crippen LogP contribution is -2.46. The normalized spacial score (nSPS) is 24.0. The zero-order chi connectivity index (χ0) is 14.9. The smallest absolute Gasteiger partial charge is 0.170 e. The summed E-state index contributed by atoms with van der Waals surface area (Å²) < 4.78 is 33.8. The van der Waals surface area contributed by atoms with Crippen LogP contribution in [0.25, 0.3) is 0 Å². The van der Waals surface area contributed by atoms with Gasteiger partial charge in [0.25, 0.3) is 0 Å². The van der Waals surface area contributed by atoms with Gasteiger partial charge in [-0.15, -0.1) is 0 Å². The van der Waals surface area contributed by atoms with Gasteiger partial charge in [0.1, 0.15) is 17.3 Å². The predicted molar refractivity (Wildman–Crippen MR) is 71.1 cm³/mol. The Labute approximate surface area is 115 Å². The number of ether oxygens (including phenoxy) is 1. The molecule has 7 heteroatoms. The van der Waals surface area contributed by atoms with E-state index in [1.54, 1.807) is 4.90 Å². The first kappa shape index (κ1) is 14.5. The molecule has 1 aliphatic heterocycles. The van der Waals surface area contributed by atoms with Crippen LogP contribution in [0.15, 0.2) is 17.3 Å². The summed E-state index contributed by atoms with van der Waals surface area (Å²) in [6.45, 7) is 4.51. The van der Waals surface area contributed by atoms with E-state index in [0.717, 1.165) is 12.1 Å². The van der Waals surface area contributed by atoms with Gasteiger partial charge in [0.05, 0.1) is 12.2 Å². The van der Waals surface area contributed by atoms with E-state index in [4.69, 9.17) is 15.7 Å². The van der Waals surface area contributed by atoms with Gasteiger partial charge >= 0.3 is 0 Å². The van der Waals surface area contributed by atoms with Crippen molar-refractivity contribution in [3.05, 3.63) is 29.3 Å². The quantitative estimate of drug-likeness (QED) is 0.375. The molecule has 1 heterocycles. The lowest BCUT2D eigenvalue weighted by Gasteiger charge is -2.37. The number of hydrogen-bond acceptors (Lipinski definition) is 4. The predicted octanol–water partition coefficient (Wildman–Crippen LogP) is 1.67. The molecule has 0 aliphatic carbocycles. The first-order valence-electron chi connectivity index (χ1n) is 6.29. The monoisotopic (exact) mass is 285 g/mol. The number of hydrogen-bond donors (Lipinski definition) is 2. The minimum Gasteiger partial charge on any atom is -0.409 e. The van der Waals surface area contributed by atoms with Gasteiger partial charge in [-0.05, 0) is 26.0 Å². The van der Waals surface area contributed by atoms with E-state index in [-0.39, 0.29) is 29.3 Å². The molecule has 1 fully saturated rings. The highest BCUT2D eigenvalue weighted by Gasteiger charge is 2.27. The lowest BCUT2D eigenvalue weighted by atomic mass is 10.1. The minimum atomic E-state index is -0.743. The van der Waals surface area contributed by atoms with E-state index in [2.05, 4.69) is 5.16 Å². The number of halogens is 2. The molecule has 0 amide bonds. The zero-order valence-electron chi connectivity index (χ0n) is 11.3. The van der Waals surface area contributed by atoms with Crippen molar-refractivity contribution in [3.8, 4) is 0 Å². The Hall–Kier alpha value is -1.89. The van der Waals surface area contributed by atoms with Crippen LogP contribution in [0.2, 0.25) is 0 Å². The van der Waals surface area contributed by atoms with Crippen molar-refractivity contribution < 1.29 is 18.7 Å².